The van der Waals surface area contributed by atoms with Gasteiger partial charge in [0.05, 0.1) is 0 Å². The fraction of sp³-hybridized carbons (Fsp3) is 0. The van der Waals surface area contributed by atoms with Crippen LogP contribution >= 0.6 is 0 Å². The molecule has 0 aromatic carbocycles. The first-order valence-electron chi connectivity index (χ1n) is 4.67. The summed E-state index contributed by atoms with van der Waals surface area (Å²) in [5.41, 5.74) is -0.0729. The summed E-state index contributed by atoms with van der Waals surface area (Å²) in [5.74, 6) is -2.00. The molecule has 0 aliphatic carbocycles. The maximum Gasteiger partial charge on any atom is 0.186 e. The average Bonchev–Trinajstić information content (AvgIpc) is 2.39. The van der Waals surface area contributed by atoms with E-state index in [4.69, 9.17) is 0 Å². The summed E-state index contributed by atoms with van der Waals surface area (Å²) in [5, 5.41) is 0. The molecule has 0 atom stereocenters. The SMILES string of the molecule is F/C(=C(/F)c1ccccn1)c1ccccn1. The summed E-state index contributed by atoms with van der Waals surface area (Å²) in [4.78, 5) is 7.45. The van der Waals surface area contributed by atoms with Crippen molar-refractivity contribution in [2.75, 3.05) is 0 Å². The molecule has 0 amide bonds. The van der Waals surface area contributed by atoms with E-state index in [9.17, 15) is 8.78 Å². The van der Waals surface area contributed by atoms with Gasteiger partial charge in [-0.1, -0.05) is 12.1 Å². The van der Waals surface area contributed by atoms with Crippen molar-refractivity contribution in [2.24, 2.45) is 0 Å². The summed E-state index contributed by atoms with van der Waals surface area (Å²) in [6.45, 7) is 0. The molecule has 0 aliphatic heterocycles. The number of hydrogen-bond acceptors (Lipinski definition) is 2. The number of halogens is 2. The Morgan fingerprint density at radius 3 is 1.50 bits per heavy atom. The highest BCUT2D eigenvalue weighted by atomic mass is 19.2. The largest absolute Gasteiger partial charge is 0.254 e. The Morgan fingerprint density at radius 2 is 1.19 bits per heavy atom. The molecule has 0 bridgehead atoms. The molecule has 0 aliphatic rings. The monoisotopic (exact) mass is 218 g/mol. The second kappa shape index (κ2) is 4.61. The first kappa shape index (κ1) is 10.4. The van der Waals surface area contributed by atoms with Crippen LogP contribution in [0.5, 0.6) is 0 Å². The van der Waals surface area contributed by atoms with Crippen molar-refractivity contribution < 1.29 is 8.78 Å². The van der Waals surface area contributed by atoms with E-state index in [-0.39, 0.29) is 11.4 Å². The zero-order valence-corrected chi connectivity index (χ0v) is 8.27. The summed E-state index contributed by atoms with van der Waals surface area (Å²) in [7, 11) is 0. The number of nitrogens with zero attached hydrogens (tertiary/aromatic N) is 2. The molecule has 0 fully saturated rings. The van der Waals surface area contributed by atoms with Gasteiger partial charge in [-0.05, 0) is 24.3 Å². The summed E-state index contributed by atoms with van der Waals surface area (Å²) in [6.07, 6.45) is 2.81. The van der Waals surface area contributed by atoms with Crippen molar-refractivity contribution in [3.63, 3.8) is 0 Å². The second-order valence-corrected chi connectivity index (χ2v) is 3.06. The topological polar surface area (TPSA) is 25.8 Å². The number of pyridine rings is 2. The van der Waals surface area contributed by atoms with Crippen LogP contribution in [-0.2, 0) is 0 Å². The molecule has 2 nitrogen and oxygen atoms in total. The molecule has 0 saturated carbocycles. The third kappa shape index (κ3) is 2.11. The first-order valence-corrected chi connectivity index (χ1v) is 4.67. The standard InChI is InChI=1S/C12H8F2N2/c13-11(9-5-1-3-7-15-9)12(14)10-6-2-4-8-16-10/h1-8H/b12-11+. The zero-order chi connectivity index (χ0) is 11.4. The summed E-state index contributed by atoms with van der Waals surface area (Å²) >= 11 is 0. The minimum Gasteiger partial charge on any atom is -0.254 e. The minimum atomic E-state index is -1.00. The molecule has 2 heterocycles. The lowest BCUT2D eigenvalue weighted by molar-refractivity contribution is 0.692. The lowest BCUT2D eigenvalue weighted by Gasteiger charge is -1.99. The molecule has 2 aromatic heterocycles. The number of aromatic nitrogens is 2. The van der Waals surface area contributed by atoms with Crippen molar-refractivity contribution in [3.05, 3.63) is 60.2 Å². The Kier molecular flexibility index (Phi) is 3.00. The maximum absolute atomic E-state index is 13.6. The van der Waals surface area contributed by atoms with Gasteiger partial charge in [-0.25, -0.2) is 8.78 Å². The molecule has 0 N–H and O–H groups in total. The lowest BCUT2D eigenvalue weighted by Crippen LogP contribution is -1.89. The van der Waals surface area contributed by atoms with Crippen LogP contribution in [0.25, 0.3) is 11.7 Å². The van der Waals surface area contributed by atoms with E-state index in [1.807, 2.05) is 0 Å². The molecular formula is C12H8F2N2. The number of hydrogen-bond donors (Lipinski definition) is 0. The van der Waals surface area contributed by atoms with Crippen molar-refractivity contribution in [1.82, 2.24) is 9.97 Å². The van der Waals surface area contributed by atoms with E-state index < -0.39 is 11.7 Å². The smallest absolute Gasteiger partial charge is 0.186 e. The van der Waals surface area contributed by atoms with Gasteiger partial charge < -0.3 is 0 Å². The highest BCUT2D eigenvalue weighted by Crippen LogP contribution is 2.25. The van der Waals surface area contributed by atoms with Crippen molar-refractivity contribution >= 4 is 11.7 Å². The van der Waals surface area contributed by atoms with E-state index in [1.165, 1.54) is 24.5 Å². The lowest BCUT2D eigenvalue weighted by atomic mass is 10.2. The normalized spacial score (nSPS) is 12.1. The van der Waals surface area contributed by atoms with Crippen LogP contribution in [0.15, 0.2) is 48.8 Å². The van der Waals surface area contributed by atoms with Crippen molar-refractivity contribution in [1.29, 1.82) is 0 Å². The Balaban J connectivity index is 2.43. The van der Waals surface area contributed by atoms with Gasteiger partial charge in [-0.15, -0.1) is 0 Å². The van der Waals surface area contributed by atoms with E-state index in [0.29, 0.717) is 0 Å². The van der Waals surface area contributed by atoms with Crippen LogP contribution in [0.1, 0.15) is 11.4 Å². The van der Waals surface area contributed by atoms with Gasteiger partial charge in [0, 0.05) is 12.4 Å². The third-order valence-corrected chi connectivity index (χ3v) is 1.97. The van der Waals surface area contributed by atoms with E-state index >= 15 is 0 Å². The van der Waals surface area contributed by atoms with Gasteiger partial charge in [-0.3, -0.25) is 9.97 Å². The highest BCUT2D eigenvalue weighted by Gasteiger charge is 2.12. The predicted molar refractivity (Wildman–Crippen MR) is 57.5 cm³/mol. The Hall–Kier alpha value is -2.10. The van der Waals surface area contributed by atoms with Crippen molar-refractivity contribution in [2.45, 2.75) is 0 Å². The van der Waals surface area contributed by atoms with Gasteiger partial charge in [0.15, 0.2) is 11.7 Å². The van der Waals surface area contributed by atoms with Crippen LogP contribution in [-0.4, -0.2) is 9.97 Å². The van der Waals surface area contributed by atoms with Crippen molar-refractivity contribution in [3.8, 4) is 0 Å². The van der Waals surface area contributed by atoms with Gasteiger partial charge in [0.25, 0.3) is 0 Å². The van der Waals surface area contributed by atoms with Crippen LogP contribution in [0, 0.1) is 0 Å². The molecule has 0 spiro atoms. The fourth-order valence-electron chi connectivity index (χ4n) is 1.21. The Bertz CT molecular complexity index is 447. The Labute approximate surface area is 91.3 Å². The fourth-order valence-corrected chi connectivity index (χ4v) is 1.21. The minimum absolute atomic E-state index is 0.0364. The van der Waals surface area contributed by atoms with E-state index in [1.54, 1.807) is 24.3 Å². The third-order valence-electron chi connectivity index (χ3n) is 1.97. The molecule has 2 rings (SSSR count). The first-order chi connectivity index (χ1) is 7.79. The van der Waals surface area contributed by atoms with Crippen LogP contribution in [0.4, 0.5) is 8.78 Å². The zero-order valence-electron chi connectivity index (χ0n) is 8.27. The molecule has 0 radical (unpaired) electrons. The van der Waals surface area contributed by atoms with Gasteiger partial charge >= 0.3 is 0 Å². The summed E-state index contributed by atoms with van der Waals surface area (Å²) < 4.78 is 27.2. The predicted octanol–water partition coefficient (Wildman–Crippen LogP) is 3.24. The molecule has 2 aromatic rings. The van der Waals surface area contributed by atoms with Crippen LogP contribution < -0.4 is 0 Å². The maximum atomic E-state index is 13.6. The molecule has 0 unspecified atom stereocenters. The van der Waals surface area contributed by atoms with Crippen LogP contribution in [0.2, 0.25) is 0 Å². The van der Waals surface area contributed by atoms with Gasteiger partial charge in [0.1, 0.15) is 11.4 Å². The van der Waals surface area contributed by atoms with E-state index in [2.05, 4.69) is 9.97 Å². The van der Waals surface area contributed by atoms with Gasteiger partial charge in [-0.2, -0.15) is 0 Å². The van der Waals surface area contributed by atoms with Gasteiger partial charge in [0.2, 0.25) is 0 Å². The summed E-state index contributed by atoms with van der Waals surface area (Å²) in [6, 6.07) is 9.25. The molecule has 16 heavy (non-hydrogen) atoms. The average molecular weight is 218 g/mol. The number of rotatable bonds is 2. The molecule has 4 heteroatoms. The molecular weight excluding hydrogens is 210 g/mol. The molecule has 80 valence electrons. The second-order valence-electron chi connectivity index (χ2n) is 3.06. The van der Waals surface area contributed by atoms with Crippen LogP contribution in [0.3, 0.4) is 0 Å². The van der Waals surface area contributed by atoms with E-state index in [0.717, 1.165) is 0 Å². The highest BCUT2D eigenvalue weighted by molar-refractivity contribution is 5.80. The quantitative estimate of drug-likeness (QED) is 0.773. The molecule has 0 saturated heterocycles. The Morgan fingerprint density at radius 1 is 0.750 bits per heavy atom.